The topological polar surface area (TPSA) is 40.1 Å². The molecule has 1 heterocycles. The second kappa shape index (κ2) is 6.77. The van der Waals surface area contributed by atoms with Crippen LogP contribution in [0.5, 0.6) is 5.75 Å². The molecule has 4 rings (SSSR count). The molecule has 1 aromatic rings. The van der Waals surface area contributed by atoms with Gasteiger partial charge in [0.25, 0.3) is 0 Å². The largest absolute Gasteiger partial charge is 0.497 e. The summed E-state index contributed by atoms with van der Waals surface area (Å²) in [5.41, 5.74) is 1.88. The summed E-state index contributed by atoms with van der Waals surface area (Å²) in [4.78, 5) is 9.39. The van der Waals surface area contributed by atoms with E-state index in [9.17, 15) is 0 Å². The molecular formula is C20H30N4O. The highest BCUT2D eigenvalue weighted by Gasteiger charge is 2.53. The molecule has 0 radical (unpaired) electrons. The molecule has 1 N–H and O–H groups in total. The van der Waals surface area contributed by atoms with Gasteiger partial charge in [-0.05, 0) is 61.3 Å². The average Bonchev–Trinajstić information content (AvgIpc) is 3.56. The molecule has 0 atom stereocenters. The summed E-state index contributed by atoms with van der Waals surface area (Å²) in [5.74, 6) is 2.99. The molecular weight excluding hydrogens is 312 g/mol. The lowest BCUT2D eigenvalue weighted by atomic mass is 10.0. The number of piperazine rings is 1. The normalized spacial score (nSPS) is 22.7. The molecule has 3 fully saturated rings. The van der Waals surface area contributed by atoms with E-state index in [-0.39, 0.29) is 0 Å². The van der Waals surface area contributed by atoms with Crippen molar-refractivity contribution in [3.05, 3.63) is 24.3 Å². The standard InChI is InChI=1S/C20H30N4O/c1-21-19(22-15-20(9-10-20)16-3-4-16)24-13-11-23(12-14-24)17-5-7-18(25-2)8-6-17/h5-8,16H,3-4,9-15H2,1-2H3,(H,21,22). The summed E-state index contributed by atoms with van der Waals surface area (Å²) in [5, 5.41) is 3.67. The van der Waals surface area contributed by atoms with Gasteiger partial charge in [0.1, 0.15) is 5.75 Å². The van der Waals surface area contributed by atoms with Crippen LogP contribution in [0.4, 0.5) is 5.69 Å². The van der Waals surface area contributed by atoms with Crippen molar-refractivity contribution in [3.8, 4) is 5.75 Å². The number of ether oxygens (including phenoxy) is 1. The Labute approximate surface area is 151 Å². The van der Waals surface area contributed by atoms with Gasteiger partial charge in [-0.25, -0.2) is 0 Å². The monoisotopic (exact) mass is 342 g/mol. The summed E-state index contributed by atoms with van der Waals surface area (Å²) in [7, 11) is 3.62. The van der Waals surface area contributed by atoms with Gasteiger partial charge in [0.05, 0.1) is 7.11 Å². The van der Waals surface area contributed by atoms with Gasteiger partial charge in [0.15, 0.2) is 5.96 Å². The second-order valence-corrected chi connectivity index (χ2v) is 7.71. The Morgan fingerprint density at radius 1 is 1.16 bits per heavy atom. The second-order valence-electron chi connectivity index (χ2n) is 7.71. The first-order valence-electron chi connectivity index (χ1n) is 9.59. The third-order valence-corrected chi connectivity index (χ3v) is 6.16. The number of anilines is 1. The van der Waals surface area contributed by atoms with Crippen molar-refractivity contribution in [2.24, 2.45) is 16.3 Å². The van der Waals surface area contributed by atoms with E-state index in [2.05, 4.69) is 32.2 Å². The molecule has 5 nitrogen and oxygen atoms in total. The minimum Gasteiger partial charge on any atom is -0.497 e. The maximum Gasteiger partial charge on any atom is 0.193 e. The molecule has 5 heteroatoms. The van der Waals surface area contributed by atoms with Crippen molar-refractivity contribution in [3.63, 3.8) is 0 Å². The Morgan fingerprint density at radius 2 is 1.84 bits per heavy atom. The number of guanidine groups is 1. The van der Waals surface area contributed by atoms with Gasteiger partial charge in [0, 0.05) is 45.5 Å². The lowest BCUT2D eigenvalue weighted by molar-refractivity contribution is 0.359. The van der Waals surface area contributed by atoms with E-state index in [0.29, 0.717) is 5.41 Å². The van der Waals surface area contributed by atoms with Crippen LogP contribution in [-0.4, -0.2) is 57.7 Å². The third-order valence-electron chi connectivity index (χ3n) is 6.16. The summed E-state index contributed by atoms with van der Waals surface area (Å²) in [6, 6.07) is 8.37. The number of nitrogens with zero attached hydrogens (tertiary/aromatic N) is 3. The van der Waals surface area contributed by atoms with Crippen LogP contribution in [0, 0.1) is 11.3 Å². The van der Waals surface area contributed by atoms with Crippen LogP contribution in [0.25, 0.3) is 0 Å². The highest BCUT2D eigenvalue weighted by atomic mass is 16.5. The maximum absolute atomic E-state index is 5.25. The predicted molar refractivity (Wildman–Crippen MR) is 103 cm³/mol. The molecule has 1 aliphatic heterocycles. The van der Waals surface area contributed by atoms with Crippen molar-refractivity contribution in [2.45, 2.75) is 25.7 Å². The SMILES string of the molecule is CN=C(NCC1(C2CC2)CC1)N1CCN(c2ccc(OC)cc2)CC1. The number of methoxy groups -OCH3 is 1. The van der Waals surface area contributed by atoms with Crippen LogP contribution >= 0.6 is 0 Å². The van der Waals surface area contributed by atoms with Crippen molar-refractivity contribution in [1.29, 1.82) is 0 Å². The van der Waals surface area contributed by atoms with E-state index < -0.39 is 0 Å². The summed E-state index contributed by atoms with van der Waals surface area (Å²) < 4.78 is 5.25. The molecule has 2 aliphatic carbocycles. The number of aliphatic imine (C=N–C) groups is 1. The van der Waals surface area contributed by atoms with Gasteiger partial charge >= 0.3 is 0 Å². The van der Waals surface area contributed by atoms with E-state index in [1.54, 1.807) is 7.11 Å². The lowest BCUT2D eigenvalue weighted by Crippen LogP contribution is -2.53. The van der Waals surface area contributed by atoms with Gasteiger partial charge in [-0.3, -0.25) is 4.99 Å². The number of rotatable bonds is 5. The van der Waals surface area contributed by atoms with E-state index in [4.69, 9.17) is 4.74 Å². The van der Waals surface area contributed by atoms with E-state index in [1.807, 2.05) is 19.2 Å². The molecule has 0 spiro atoms. The highest BCUT2D eigenvalue weighted by molar-refractivity contribution is 5.80. The van der Waals surface area contributed by atoms with Crippen LogP contribution in [0.1, 0.15) is 25.7 Å². The molecule has 136 valence electrons. The predicted octanol–water partition coefficient (Wildman–Crippen LogP) is 2.58. The number of hydrogen-bond acceptors (Lipinski definition) is 3. The van der Waals surface area contributed by atoms with Gasteiger partial charge in [0.2, 0.25) is 0 Å². The molecule has 1 aromatic carbocycles. The molecule has 2 saturated carbocycles. The number of benzene rings is 1. The van der Waals surface area contributed by atoms with E-state index >= 15 is 0 Å². The Kier molecular flexibility index (Phi) is 4.48. The van der Waals surface area contributed by atoms with Gasteiger partial charge in [-0.1, -0.05) is 0 Å². The van der Waals surface area contributed by atoms with Gasteiger partial charge in [-0.15, -0.1) is 0 Å². The Balaban J connectivity index is 1.29. The van der Waals surface area contributed by atoms with Gasteiger partial charge in [-0.2, -0.15) is 0 Å². The molecule has 0 unspecified atom stereocenters. The van der Waals surface area contributed by atoms with E-state index in [0.717, 1.165) is 50.4 Å². The zero-order valence-electron chi connectivity index (χ0n) is 15.5. The summed E-state index contributed by atoms with van der Waals surface area (Å²) in [6.07, 6.45) is 5.71. The van der Waals surface area contributed by atoms with Crippen molar-refractivity contribution >= 4 is 11.6 Å². The van der Waals surface area contributed by atoms with Gasteiger partial charge < -0.3 is 19.9 Å². The zero-order valence-corrected chi connectivity index (χ0v) is 15.5. The maximum atomic E-state index is 5.25. The Hall–Kier alpha value is -1.91. The average molecular weight is 342 g/mol. The van der Waals surface area contributed by atoms with Crippen LogP contribution in [0.3, 0.4) is 0 Å². The first-order valence-corrected chi connectivity index (χ1v) is 9.59. The fourth-order valence-corrected chi connectivity index (χ4v) is 4.14. The molecule has 0 amide bonds. The Bertz CT molecular complexity index is 611. The fourth-order valence-electron chi connectivity index (χ4n) is 4.14. The highest BCUT2D eigenvalue weighted by Crippen LogP contribution is 2.60. The number of nitrogens with one attached hydrogen (secondary N) is 1. The Morgan fingerprint density at radius 3 is 2.36 bits per heavy atom. The van der Waals surface area contributed by atoms with Crippen molar-refractivity contribution in [1.82, 2.24) is 10.2 Å². The smallest absolute Gasteiger partial charge is 0.193 e. The first-order chi connectivity index (χ1) is 12.2. The first kappa shape index (κ1) is 16.6. The summed E-state index contributed by atoms with van der Waals surface area (Å²) in [6.45, 7) is 5.20. The molecule has 3 aliphatic rings. The van der Waals surface area contributed by atoms with Crippen molar-refractivity contribution < 1.29 is 4.74 Å². The fraction of sp³-hybridized carbons (Fsp3) is 0.650. The van der Waals surface area contributed by atoms with E-state index in [1.165, 1.54) is 31.4 Å². The zero-order chi connectivity index (χ0) is 17.3. The van der Waals surface area contributed by atoms with Crippen LogP contribution in [0.15, 0.2) is 29.3 Å². The minimum absolute atomic E-state index is 0.612. The quantitative estimate of drug-likeness (QED) is 0.659. The molecule has 0 bridgehead atoms. The van der Waals surface area contributed by atoms with Crippen LogP contribution in [-0.2, 0) is 0 Å². The summed E-state index contributed by atoms with van der Waals surface area (Å²) >= 11 is 0. The molecule has 25 heavy (non-hydrogen) atoms. The number of hydrogen-bond donors (Lipinski definition) is 1. The minimum atomic E-state index is 0.612. The molecule has 0 aromatic heterocycles. The van der Waals surface area contributed by atoms with Crippen LogP contribution < -0.4 is 15.0 Å². The van der Waals surface area contributed by atoms with Crippen LogP contribution in [0.2, 0.25) is 0 Å². The lowest BCUT2D eigenvalue weighted by Gasteiger charge is -2.38. The third kappa shape index (κ3) is 3.55. The van der Waals surface area contributed by atoms with Crippen molar-refractivity contribution in [2.75, 3.05) is 51.8 Å². The molecule has 1 saturated heterocycles.